The Morgan fingerprint density at radius 2 is 1.86 bits per heavy atom. The van der Waals surface area contributed by atoms with Crippen molar-refractivity contribution in [1.29, 1.82) is 0 Å². The molecule has 2 N–H and O–H groups in total. The van der Waals surface area contributed by atoms with Gasteiger partial charge in [0, 0.05) is 5.02 Å². The number of benzene rings is 2. The normalized spacial score (nSPS) is 31.1. The lowest BCUT2D eigenvalue weighted by molar-refractivity contribution is -0.357. The second kappa shape index (κ2) is 8.25. The van der Waals surface area contributed by atoms with Crippen LogP contribution in [0.15, 0.2) is 42.5 Å². The summed E-state index contributed by atoms with van der Waals surface area (Å²) in [6, 6.07) is 13.6. The highest BCUT2D eigenvalue weighted by molar-refractivity contribution is 6.31. The lowest BCUT2D eigenvalue weighted by Gasteiger charge is -2.57. The molecule has 0 radical (unpaired) electrons. The van der Waals surface area contributed by atoms with E-state index in [-0.39, 0.29) is 0 Å². The zero-order valence-corrected chi connectivity index (χ0v) is 17.4. The Hall–Kier alpha value is -1.63. The molecule has 0 spiro atoms. The molecule has 2 heterocycles. The van der Waals surface area contributed by atoms with Gasteiger partial charge in [0.1, 0.15) is 35.8 Å². The highest BCUT2D eigenvalue weighted by Gasteiger charge is 2.60. The topological polar surface area (TPSA) is 68.2 Å². The maximum Gasteiger partial charge on any atom is 0.121 e. The summed E-state index contributed by atoms with van der Waals surface area (Å²) in [5.41, 5.74) is 2.31. The van der Waals surface area contributed by atoms with Crippen LogP contribution in [0.1, 0.15) is 43.1 Å². The predicted molar refractivity (Wildman–Crippen MR) is 110 cm³/mol. The molecule has 0 saturated carbocycles. The zero-order valence-electron chi connectivity index (χ0n) is 16.7. The van der Waals surface area contributed by atoms with Crippen LogP contribution < -0.4 is 4.74 Å². The number of aliphatic hydroxyl groups excluding tert-OH is 2. The van der Waals surface area contributed by atoms with E-state index < -0.39 is 30.0 Å². The van der Waals surface area contributed by atoms with Crippen molar-refractivity contribution in [1.82, 2.24) is 0 Å². The fourth-order valence-electron chi connectivity index (χ4n) is 4.21. The third-order valence-electron chi connectivity index (χ3n) is 5.98. The van der Waals surface area contributed by atoms with Gasteiger partial charge in [-0.1, -0.05) is 42.8 Å². The SMILES string of the molecule is CCOc1ccc(Cc2cc(C3OC4(CC)COC4C(O)C3O)ccc2Cl)cc1. The first kappa shape index (κ1) is 20.6. The average Bonchev–Trinajstić information content (AvgIpc) is 2.70. The molecule has 0 bridgehead atoms. The fourth-order valence-corrected chi connectivity index (χ4v) is 4.39. The molecule has 5 unspecified atom stereocenters. The molecule has 156 valence electrons. The number of fused-ring (bicyclic) bond motifs is 1. The standard InChI is InChI=1S/C23H27ClO5/c1-3-23-13-28-22(23)20(26)19(25)21(29-23)15-7-10-18(24)16(12-15)11-14-5-8-17(9-6-14)27-4-2/h5-10,12,19-22,25-26H,3-4,11,13H2,1-2H3. The molecule has 2 aliphatic heterocycles. The Balaban J connectivity index is 1.57. The van der Waals surface area contributed by atoms with Gasteiger partial charge in [0.2, 0.25) is 0 Å². The van der Waals surface area contributed by atoms with Gasteiger partial charge in [0.15, 0.2) is 0 Å². The Morgan fingerprint density at radius 1 is 1.10 bits per heavy atom. The Morgan fingerprint density at radius 3 is 2.48 bits per heavy atom. The van der Waals surface area contributed by atoms with Crippen molar-refractivity contribution in [2.45, 2.75) is 56.7 Å². The van der Waals surface area contributed by atoms with Crippen LogP contribution in [0.2, 0.25) is 5.02 Å². The van der Waals surface area contributed by atoms with Crippen molar-refractivity contribution in [3.63, 3.8) is 0 Å². The second-order valence-corrected chi connectivity index (χ2v) is 8.18. The molecule has 5 nitrogen and oxygen atoms in total. The van der Waals surface area contributed by atoms with Gasteiger partial charge in [-0.3, -0.25) is 0 Å². The van der Waals surface area contributed by atoms with Gasteiger partial charge in [-0.15, -0.1) is 0 Å². The molecule has 29 heavy (non-hydrogen) atoms. The maximum atomic E-state index is 10.7. The summed E-state index contributed by atoms with van der Waals surface area (Å²) in [6.07, 6.45) is -1.78. The lowest BCUT2D eigenvalue weighted by atomic mass is 9.78. The fraction of sp³-hybridized carbons (Fsp3) is 0.478. The van der Waals surface area contributed by atoms with E-state index in [1.54, 1.807) is 0 Å². The average molecular weight is 419 g/mol. The Labute approximate surface area is 176 Å². The van der Waals surface area contributed by atoms with E-state index in [4.69, 9.17) is 25.8 Å². The number of rotatable bonds is 6. The smallest absolute Gasteiger partial charge is 0.121 e. The molecule has 2 aliphatic rings. The van der Waals surface area contributed by atoms with E-state index in [0.717, 1.165) is 22.4 Å². The van der Waals surface area contributed by atoms with Crippen molar-refractivity contribution < 1.29 is 24.4 Å². The first-order valence-corrected chi connectivity index (χ1v) is 10.5. The van der Waals surface area contributed by atoms with Crippen molar-refractivity contribution >= 4 is 11.6 Å². The third kappa shape index (κ3) is 3.78. The van der Waals surface area contributed by atoms with E-state index >= 15 is 0 Å². The highest BCUT2D eigenvalue weighted by Crippen LogP contribution is 2.46. The van der Waals surface area contributed by atoms with Crippen LogP contribution in [0.25, 0.3) is 0 Å². The van der Waals surface area contributed by atoms with Crippen LogP contribution in [0.4, 0.5) is 0 Å². The third-order valence-corrected chi connectivity index (χ3v) is 6.35. The van der Waals surface area contributed by atoms with Crippen LogP contribution >= 0.6 is 11.6 Å². The molecule has 2 fully saturated rings. The van der Waals surface area contributed by atoms with Gasteiger partial charge in [-0.2, -0.15) is 0 Å². The second-order valence-electron chi connectivity index (χ2n) is 7.77. The molecule has 0 aromatic heterocycles. The molecular weight excluding hydrogens is 392 g/mol. The largest absolute Gasteiger partial charge is 0.494 e. The van der Waals surface area contributed by atoms with E-state index in [0.29, 0.717) is 31.1 Å². The van der Waals surface area contributed by atoms with Crippen LogP contribution in [-0.4, -0.2) is 47.3 Å². The van der Waals surface area contributed by atoms with Crippen molar-refractivity contribution in [3.05, 3.63) is 64.2 Å². The molecule has 5 atom stereocenters. The van der Waals surface area contributed by atoms with Crippen LogP contribution in [-0.2, 0) is 15.9 Å². The molecule has 2 aromatic carbocycles. The monoisotopic (exact) mass is 418 g/mol. The van der Waals surface area contributed by atoms with Crippen LogP contribution in [0.3, 0.4) is 0 Å². The van der Waals surface area contributed by atoms with Crippen LogP contribution in [0.5, 0.6) is 5.75 Å². The van der Waals surface area contributed by atoms with E-state index in [9.17, 15) is 10.2 Å². The van der Waals surface area contributed by atoms with E-state index in [1.165, 1.54) is 0 Å². The molecule has 0 amide bonds. The Bertz CT molecular complexity index is 851. The highest BCUT2D eigenvalue weighted by atomic mass is 35.5. The minimum atomic E-state index is -1.06. The number of hydrogen-bond donors (Lipinski definition) is 2. The van der Waals surface area contributed by atoms with Gasteiger partial charge in [0.25, 0.3) is 0 Å². The predicted octanol–water partition coefficient (Wildman–Crippen LogP) is 3.67. The van der Waals surface area contributed by atoms with Crippen molar-refractivity contribution in [2.75, 3.05) is 13.2 Å². The van der Waals surface area contributed by atoms with Gasteiger partial charge in [0.05, 0.1) is 13.2 Å². The lowest BCUT2D eigenvalue weighted by Crippen LogP contribution is -2.71. The van der Waals surface area contributed by atoms with Gasteiger partial charge >= 0.3 is 0 Å². The van der Waals surface area contributed by atoms with Crippen molar-refractivity contribution in [2.24, 2.45) is 0 Å². The van der Waals surface area contributed by atoms with Gasteiger partial charge < -0.3 is 24.4 Å². The Kier molecular flexibility index (Phi) is 5.87. The minimum Gasteiger partial charge on any atom is -0.494 e. The molecule has 0 aliphatic carbocycles. The minimum absolute atomic E-state index is 0.432. The van der Waals surface area contributed by atoms with Crippen molar-refractivity contribution in [3.8, 4) is 5.75 Å². The molecular formula is C23H27ClO5. The summed E-state index contributed by atoms with van der Waals surface area (Å²) < 4.78 is 17.3. The maximum absolute atomic E-state index is 10.7. The number of ether oxygens (including phenoxy) is 3. The van der Waals surface area contributed by atoms with Gasteiger partial charge in [-0.25, -0.2) is 0 Å². The molecule has 2 aromatic rings. The summed E-state index contributed by atoms with van der Waals surface area (Å²) in [5.74, 6) is 0.839. The number of aliphatic hydroxyl groups is 2. The molecule has 4 rings (SSSR count). The van der Waals surface area contributed by atoms with E-state index in [1.807, 2.05) is 56.3 Å². The quantitative estimate of drug-likeness (QED) is 0.749. The summed E-state index contributed by atoms with van der Waals surface area (Å²) in [5, 5.41) is 21.8. The number of hydrogen-bond acceptors (Lipinski definition) is 5. The summed E-state index contributed by atoms with van der Waals surface area (Å²) in [6.45, 7) is 5.03. The summed E-state index contributed by atoms with van der Waals surface area (Å²) >= 11 is 6.45. The first-order chi connectivity index (χ1) is 14.0. The molecule has 2 saturated heterocycles. The van der Waals surface area contributed by atoms with Crippen LogP contribution in [0, 0.1) is 0 Å². The number of halogens is 1. The zero-order chi connectivity index (χ0) is 20.6. The first-order valence-electron chi connectivity index (χ1n) is 10.1. The van der Waals surface area contributed by atoms with E-state index in [2.05, 4.69) is 0 Å². The summed E-state index contributed by atoms with van der Waals surface area (Å²) in [7, 11) is 0. The van der Waals surface area contributed by atoms with Gasteiger partial charge in [-0.05, 0) is 54.7 Å². The summed E-state index contributed by atoms with van der Waals surface area (Å²) in [4.78, 5) is 0. The molecule has 6 heteroatoms.